The van der Waals surface area contributed by atoms with Crippen molar-refractivity contribution in [3.63, 3.8) is 0 Å². The minimum absolute atomic E-state index is 0.641. The highest BCUT2D eigenvalue weighted by atomic mass is 15.2. The molecule has 1 rings (SSSR count). The molecule has 0 aromatic heterocycles. The largest absolute Gasteiger partial charge is 0.385 e. The molecule has 1 saturated heterocycles. The van der Waals surface area contributed by atoms with E-state index in [2.05, 4.69) is 23.8 Å². The summed E-state index contributed by atoms with van der Waals surface area (Å²) in [5.41, 5.74) is 1.08. The number of allylic oxidation sites excluding steroid dienone is 1. The predicted octanol–water partition coefficient (Wildman–Crippen LogP) is 0.814. The lowest BCUT2D eigenvalue weighted by Crippen LogP contribution is -2.29. The average Bonchev–Trinajstić information content (AvgIpc) is 2.13. The van der Waals surface area contributed by atoms with E-state index in [-0.39, 0.29) is 0 Å². The van der Waals surface area contributed by atoms with Gasteiger partial charge in [-0.25, -0.2) is 0 Å². The van der Waals surface area contributed by atoms with Crippen LogP contribution in [0.3, 0.4) is 0 Å². The third-order valence-corrected chi connectivity index (χ3v) is 1.84. The Bertz CT molecular complexity index is 131. The average molecular weight is 140 g/mol. The second kappa shape index (κ2) is 3.06. The maximum Gasteiger partial charge on any atom is 0.0397 e. The first-order valence-electron chi connectivity index (χ1n) is 3.79. The van der Waals surface area contributed by atoms with E-state index in [1.54, 1.807) is 0 Å². The van der Waals surface area contributed by atoms with Crippen LogP contribution in [0.2, 0.25) is 0 Å². The number of hydrogen-bond acceptors (Lipinski definition) is 2. The van der Waals surface area contributed by atoms with Crippen molar-refractivity contribution < 1.29 is 0 Å². The number of hydrogen-bond donors (Lipinski definition) is 1. The summed E-state index contributed by atoms with van der Waals surface area (Å²) >= 11 is 0. The quantitative estimate of drug-likeness (QED) is 0.610. The van der Waals surface area contributed by atoms with E-state index in [9.17, 15) is 0 Å². The molecule has 0 saturated carbocycles. The lowest BCUT2D eigenvalue weighted by molar-refractivity contribution is 0.404. The first-order valence-corrected chi connectivity index (χ1v) is 3.79. The monoisotopic (exact) mass is 140 g/mol. The minimum Gasteiger partial charge on any atom is -0.385 e. The molecule has 1 heterocycles. The summed E-state index contributed by atoms with van der Waals surface area (Å²) in [5.74, 6) is 0. The topological polar surface area (TPSA) is 15.3 Å². The van der Waals surface area contributed by atoms with Gasteiger partial charge in [0.05, 0.1) is 0 Å². The number of nitrogens with one attached hydrogen (secondary N) is 1. The molecule has 2 nitrogen and oxygen atoms in total. The van der Waals surface area contributed by atoms with Crippen molar-refractivity contribution in [2.45, 2.75) is 19.4 Å². The third-order valence-electron chi connectivity index (χ3n) is 1.84. The summed E-state index contributed by atoms with van der Waals surface area (Å²) in [5, 5.41) is 3.34. The van der Waals surface area contributed by atoms with E-state index in [0.29, 0.717) is 6.04 Å². The molecule has 1 unspecified atom stereocenters. The zero-order chi connectivity index (χ0) is 7.56. The van der Waals surface area contributed by atoms with Gasteiger partial charge >= 0.3 is 0 Å². The summed E-state index contributed by atoms with van der Waals surface area (Å²) < 4.78 is 0. The molecule has 1 N–H and O–H groups in total. The molecule has 0 bridgehead atoms. The zero-order valence-corrected chi connectivity index (χ0v) is 6.85. The maximum absolute atomic E-state index is 3.81. The Morgan fingerprint density at radius 1 is 1.70 bits per heavy atom. The van der Waals surface area contributed by atoms with Gasteiger partial charge in [-0.1, -0.05) is 6.58 Å². The Morgan fingerprint density at radius 3 is 2.80 bits per heavy atom. The molecule has 0 aromatic carbocycles. The third kappa shape index (κ3) is 2.03. The molecule has 0 radical (unpaired) electrons. The minimum atomic E-state index is 0.641. The molecular formula is C8H16N2. The smallest absolute Gasteiger partial charge is 0.0397 e. The first-order chi connectivity index (χ1) is 4.68. The van der Waals surface area contributed by atoms with Crippen LogP contribution in [-0.4, -0.2) is 31.1 Å². The van der Waals surface area contributed by atoms with Crippen molar-refractivity contribution in [3.8, 4) is 0 Å². The SMILES string of the molecule is C=C(C)NC1CCN(C)C1. The van der Waals surface area contributed by atoms with Crippen LogP contribution < -0.4 is 5.32 Å². The molecular weight excluding hydrogens is 124 g/mol. The highest BCUT2D eigenvalue weighted by molar-refractivity contribution is 4.91. The van der Waals surface area contributed by atoms with Crippen molar-refractivity contribution in [2.75, 3.05) is 20.1 Å². The Labute approximate surface area is 62.9 Å². The highest BCUT2D eigenvalue weighted by Crippen LogP contribution is 2.06. The van der Waals surface area contributed by atoms with Crippen LogP contribution in [0.5, 0.6) is 0 Å². The van der Waals surface area contributed by atoms with Crippen LogP contribution in [0.15, 0.2) is 12.3 Å². The van der Waals surface area contributed by atoms with Crippen molar-refractivity contribution in [1.82, 2.24) is 10.2 Å². The first kappa shape index (κ1) is 7.61. The number of rotatable bonds is 2. The fourth-order valence-electron chi connectivity index (χ4n) is 1.40. The fraction of sp³-hybridized carbons (Fsp3) is 0.750. The van der Waals surface area contributed by atoms with E-state index in [0.717, 1.165) is 12.2 Å². The molecule has 1 fully saturated rings. The number of likely N-dealkylation sites (N-methyl/N-ethyl adjacent to an activating group) is 1. The van der Waals surface area contributed by atoms with Gasteiger partial charge in [0.15, 0.2) is 0 Å². The van der Waals surface area contributed by atoms with Gasteiger partial charge in [-0.15, -0.1) is 0 Å². The van der Waals surface area contributed by atoms with Crippen LogP contribution in [0, 0.1) is 0 Å². The maximum atomic E-state index is 3.81. The van der Waals surface area contributed by atoms with Crippen LogP contribution in [0.4, 0.5) is 0 Å². The van der Waals surface area contributed by atoms with Gasteiger partial charge in [-0.3, -0.25) is 0 Å². The summed E-state index contributed by atoms with van der Waals surface area (Å²) in [7, 11) is 2.15. The van der Waals surface area contributed by atoms with Crippen molar-refractivity contribution in [3.05, 3.63) is 12.3 Å². The molecule has 1 aliphatic heterocycles. The van der Waals surface area contributed by atoms with Crippen molar-refractivity contribution in [1.29, 1.82) is 0 Å². The summed E-state index contributed by atoms with van der Waals surface area (Å²) in [6.07, 6.45) is 1.25. The normalized spacial score (nSPS) is 26.8. The Hall–Kier alpha value is -0.500. The van der Waals surface area contributed by atoms with Gasteiger partial charge in [-0.2, -0.15) is 0 Å². The predicted molar refractivity (Wildman–Crippen MR) is 43.9 cm³/mol. The van der Waals surface area contributed by atoms with Crippen LogP contribution in [0.1, 0.15) is 13.3 Å². The number of likely N-dealkylation sites (tertiary alicyclic amines) is 1. The molecule has 10 heavy (non-hydrogen) atoms. The molecule has 0 amide bonds. The van der Waals surface area contributed by atoms with Gasteiger partial charge in [0.1, 0.15) is 0 Å². The molecule has 2 heteroatoms. The van der Waals surface area contributed by atoms with Gasteiger partial charge < -0.3 is 10.2 Å². The van der Waals surface area contributed by atoms with E-state index in [1.807, 2.05) is 6.92 Å². The van der Waals surface area contributed by atoms with Crippen LogP contribution >= 0.6 is 0 Å². The molecule has 58 valence electrons. The number of nitrogens with zero attached hydrogens (tertiary/aromatic N) is 1. The van der Waals surface area contributed by atoms with Gasteiger partial charge in [0.25, 0.3) is 0 Å². The van der Waals surface area contributed by atoms with E-state index < -0.39 is 0 Å². The van der Waals surface area contributed by atoms with Crippen LogP contribution in [-0.2, 0) is 0 Å². The molecule has 0 aliphatic carbocycles. The Balaban J connectivity index is 2.24. The second-order valence-electron chi connectivity index (χ2n) is 3.17. The van der Waals surface area contributed by atoms with E-state index in [4.69, 9.17) is 0 Å². The summed E-state index contributed by atoms with van der Waals surface area (Å²) in [6, 6.07) is 0.641. The van der Waals surface area contributed by atoms with Gasteiger partial charge in [0.2, 0.25) is 0 Å². The van der Waals surface area contributed by atoms with Crippen molar-refractivity contribution in [2.24, 2.45) is 0 Å². The molecule has 1 atom stereocenters. The van der Waals surface area contributed by atoms with Crippen LogP contribution in [0.25, 0.3) is 0 Å². The lowest BCUT2D eigenvalue weighted by atomic mass is 10.2. The van der Waals surface area contributed by atoms with Gasteiger partial charge in [0, 0.05) is 18.3 Å². The zero-order valence-electron chi connectivity index (χ0n) is 6.85. The fourth-order valence-corrected chi connectivity index (χ4v) is 1.40. The highest BCUT2D eigenvalue weighted by Gasteiger charge is 2.17. The Kier molecular flexibility index (Phi) is 2.33. The second-order valence-corrected chi connectivity index (χ2v) is 3.17. The van der Waals surface area contributed by atoms with Crippen molar-refractivity contribution >= 4 is 0 Å². The summed E-state index contributed by atoms with van der Waals surface area (Å²) in [4.78, 5) is 2.33. The van der Waals surface area contributed by atoms with Gasteiger partial charge in [-0.05, 0) is 26.9 Å². The molecule has 0 aromatic rings. The van der Waals surface area contributed by atoms with E-state index in [1.165, 1.54) is 13.0 Å². The molecule has 1 aliphatic rings. The standard InChI is InChI=1S/C8H16N2/c1-7(2)9-8-4-5-10(3)6-8/h8-9H,1,4-6H2,2-3H3. The Morgan fingerprint density at radius 2 is 2.40 bits per heavy atom. The van der Waals surface area contributed by atoms with E-state index >= 15 is 0 Å². The summed E-state index contributed by atoms with van der Waals surface area (Å²) in [6.45, 7) is 8.20. The molecule has 0 spiro atoms. The lowest BCUT2D eigenvalue weighted by Gasteiger charge is -2.12.